The summed E-state index contributed by atoms with van der Waals surface area (Å²) >= 11 is 1.43. The van der Waals surface area contributed by atoms with E-state index in [1.54, 1.807) is 19.2 Å². The highest BCUT2D eigenvalue weighted by Gasteiger charge is 2.08. The smallest absolute Gasteiger partial charge is 0.220 e. The lowest BCUT2D eigenvalue weighted by Gasteiger charge is -2.04. The molecule has 0 aliphatic rings. The maximum atomic E-state index is 11.3. The highest BCUT2D eigenvalue weighted by atomic mass is 32.1. The minimum Gasteiger partial charge on any atom is -0.370 e. The molecule has 0 unspecified atom stereocenters. The predicted molar refractivity (Wildman–Crippen MR) is 105 cm³/mol. The number of nitrogens with one attached hydrogen (secondary N) is 2. The van der Waals surface area contributed by atoms with Crippen LogP contribution in [-0.2, 0) is 11.3 Å². The van der Waals surface area contributed by atoms with Gasteiger partial charge in [0.2, 0.25) is 5.91 Å². The van der Waals surface area contributed by atoms with Gasteiger partial charge in [-0.15, -0.1) is 11.3 Å². The standard InChI is InChI=1S/C17H25N7OS/c1-3-5-6-8-20-16(18)24-17-23-13(11-26-17)12-7-9-19-14(22-12)10-21-15(25)4-2/h7,9,11H,3-6,8,10H2,1-2H3,(H,21,25)(H3,18,20,23,24). The molecule has 0 atom stereocenters. The van der Waals surface area contributed by atoms with E-state index in [-0.39, 0.29) is 5.91 Å². The zero-order chi connectivity index (χ0) is 18.8. The van der Waals surface area contributed by atoms with E-state index in [9.17, 15) is 4.79 Å². The lowest BCUT2D eigenvalue weighted by molar-refractivity contribution is -0.120. The maximum Gasteiger partial charge on any atom is 0.220 e. The molecule has 2 aromatic rings. The lowest BCUT2D eigenvalue weighted by Crippen LogP contribution is -2.23. The van der Waals surface area contributed by atoms with Crippen LogP contribution >= 0.6 is 11.3 Å². The van der Waals surface area contributed by atoms with Gasteiger partial charge >= 0.3 is 0 Å². The summed E-state index contributed by atoms with van der Waals surface area (Å²) < 4.78 is 0. The largest absolute Gasteiger partial charge is 0.370 e. The van der Waals surface area contributed by atoms with Crippen molar-refractivity contribution in [1.82, 2.24) is 20.3 Å². The van der Waals surface area contributed by atoms with Gasteiger partial charge < -0.3 is 16.4 Å². The first-order chi connectivity index (χ1) is 12.6. The van der Waals surface area contributed by atoms with Gasteiger partial charge in [0.15, 0.2) is 11.1 Å². The lowest BCUT2D eigenvalue weighted by atomic mass is 10.2. The molecule has 0 radical (unpaired) electrons. The molecule has 0 spiro atoms. The summed E-state index contributed by atoms with van der Waals surface area (Å²) in [5.41, 5.74) is 7.30. The average molecular weight is 376 g/mol. The fourth-order valence-electron chi connectivity index (χ4n) is 2.09. The fraction of sp³-hybridized carbons (Fsp3) is 0.471. The minimum absolute atomic E-state index is 0.0344. The summed E-state index contributed by atoms with van der Waals surface area (Å²) in [7, 11) is 0. The Morgan fingerprint density at radius 1 is 1.27 bits per heavy atom. The van der Waals surface area contributed by atoms with E-state index in [2.05, 4.69) is 37.5 Å². The van der Waals surface area contributed by atoms with Crippen LogP contribution in [0.15, 0.2) is 22.6 Å². The van der Waals surface area contributed by atoms with Crippen LogP contribution in [0.25, 0.3) is 11.4 Å². The second kappa shape index (κ2) is 10.4. The average Bonchev–Trinajstić information content (AvgIpc) is 3.12. The number of amides is 1. The molecule has 1 amide bonds. The Morgan fingerprint density at radius 3 is 2.88 bits per heavy atom. The van der Waals surface area contributed by atoms with Crippen molar-refractivity contribution < 1.29 is 4.79 Å². The third-order valence-electron chi connectivity index (χ3n) is 3.52. The SMILES string of the molecule is CCCCCN=C(N)Nc1nc(-c2ccnc(CNC(=O)CC)n2)cs1. The molecular formula is C17H25N7OS. The summed E-state index contributed by atoms with van der Waals surface area (Å²) in [4.78, 5) is 28.7. The Hall–Kier alpha value is -2.55. The first-order valence-electron chi connectivity index (χ1n) is 8.73. The number of anilines is 1. The second-order valence-corrected chi connectivity index (χ2v) is 6.48. The van der Waals surface area contributed by atoms with Crippen LogP contribution in [0.2, 0.25) is 0 Å². The number of aromatic nitrogens is 3. The normalized spacial score (nSPS) is 11.4. The third-order valence-corrected chi connectivity index (χ3v) is 4.27. The highest BCUT2D eigenvalue weighted by molar-refractivity contribution is 7.14. The minimum atomic E-state index is -0.0344. The number of hydrogen-bond acceptors (Lipinski definition) is 6. The summed E-state index contributed by atoms with van der Waals surface area (Å²) in [6, 6.07) is 1.78. The Morgan fingerprint density at radius 2 is 2.12 bits per heavy atom. The van der Waals surface area contributed by atoms with E-state index in [1.807, 2.05) is 5.38 Å². The summed E-state index contributed by atoms with van der Waals surface area (Å²) in [6.45, 7) is 4.96. The fourth-order valence-corrected chi connectivity index (χ4v) is 2.80. The molecular weight excluding hydrogens is 350 g/mol. The number of aliphatic imine (C=N–C) groups is 1. The monoisotopic (exact) mass is 375 g/mol. The number of thiazole rings is 1. The summed E-state index contributed by atoms with van der Waals surface area (Å²) in [5.74, 6) is 0.879. The molecule has 26 heavy (non-hydrogen) atoms. The van der Waals surface area contributed by atoms with Gasteiger partial charge in [0, 0.05) is 24.5 Å². The van der Waals surface area contributed by atoms with Gasteiger partial charge in [-0.1, -0.05) is 26.7 Å². The molecule has 2 rings (SSSR count). The Balaban J connectivity index is 1.97. The molecule has 4 N–H and O–H groups in total. The molecule has 0 fully saturated rings. The maximum absolute atomic E-state index is 11.3. The zero-order valence-electron chi connectivity index (χ0n) is 15.2. The Kier molecular flexibility index (Phi) is 7.94. The quantitative estimate of drug-likeness (QED) is 0.352. The third kappa shape index (κ3) is 6.40. The van der Waals surface area contributed by atoms with Crippen molar-refractivity contribution in [2.75, 3.05) is 11.9 Å². The van der Waals surface area contributed by atoms with Crippen molar-refractivity contribution in [2.24, 2.45) is 10.7 Å². The second-order valence-electron chi connectivity index (χ2n) is 5.63. The van der Waals surface area contributed by atoms with Crippen LogP contribution in [0.5, 0.6) is 0 Å². The van der Waals surface area contributed by atoms with E-state index < -0.39 is 0 Å². The van der Waals surface area contributed by atoms with Crippen LogP contribution in [0, 0.1) is 0 Å². The van der Waals surface area contributed by atoms with Gasteiger partial charge in [0.25, 0.3) is 0 Å². The first kappa shape index (κ1) is 19.8. The number of hydrogen-bond donors (Lipinski definition) is 3. The first-order valence-corrected chi connectivity index (χ1v) is 9.61. The van der Waals surface area contributed by atoms with Crippen LogP contribution in [0.4, 0.5) is 5.13 Å². The number of guanidine groups is 1. The molecule has 0 aliphatic carbocycles. The van der Waals surface area contributed by atoms with Crippen molar-refractivity contribution in [2.45, 2.75) is 46.1 Å². The van der Waals surface area contributed by atoms with Crippen molar-refractivity contribution in [1.29, 1.82) is 0 Å². The summed E-state index contributed by atoms with van der Waals surface area (Å²) in [6.07, 6.45) is 5.42. The molecule has 2 heterocycles. The van der Waals surface area contributed by atoms with Gasteiger partial charge in [0.05, 0.1) is 12.2 Å². The van der Waals surface area contributed by atoms with Crippen LogP contribution in [0.3, 0.4) is 0 Å². The van der Waals surface area contributed by atoms with E-state index >= 15 is 0 Å². The van der Waals surface area contributed by atoms with Gasteiger partial charge in [-0.05, 0) is 12.5 Å². The Labute approximate surface area is 157 Å². The molecule has 9 heteroatoms. The zero-order valence-corrected chi connectivity index (χ0v) is 16.0. The van der Waals surface area contributed by atoms with E-state index in [0.717, 1.165) is 25.0 Å². The molecule has 0 saturated heterocycles. The number of nitrogens with zero attached hydrogens (tertiary/aromatic N) is 4. The summed E-state index contributed by atoms with van der Waals surface area (Å²) in [5, 5.41) is 8.32. The van der Waals surface area contributed by atoms with Crippen molar-refractivity contribution in [3.63, 3.8) is 0 Å². The Bertz CT molecular complexity index is 744. The van der Waals surface area contributed by atoms with Crippen molar-refractivity contribution >= 4 is 28.3 Å². The molecule has 2 aromatic heterocycles. The van der Waals surface area contributed by atoms with Crippen LogP contribution in [0.1, 0.15) is 45.4 Å². The number of nitrogens with two attached hydrogens (primary N) is 1. The molecule has 0 bridgehead atoms. The van der Waals surface area contributed by atoms with Gasteiger partial charge in [0.1, 0.15) is 11.5 Å². The highest BCUT2D eigenvalue weighted by Crippen LogP contribution is 2.23. The van der Waals surface area contributed by atoms with E-state index in [1.165, 1.54) is 11.3 Å². The van der Waals surface area contributed by atoms with Crippen LogP contribution in [-0.4, -0.2) is 33.4 Å². The topological polar surface area (TPSA) is 118 Å². The van der Waals surface area contributed by atoms with E-state index in [4.69, 9.17) is 5.73 Å². The number of rotatable bonds is 9. The molecule has 0 aliphatic heterocycles. The molecule has 0 aromatic carbocycles. The molecule has 8 nitrogen and oxygen atoms in total. The van der Waals surface area contributed by atoms with Crippen LogP contribution < -0.4 is 16.4 Å². The molecule has 0 saturated carbocycles. The van der Waals surface area contributed by atoms with E-state index in [0.29, 0.717) is 42.1 Å². The van der Waals surface area contributed by atoms with Crippen molar-refractivity contribution in [3.05, 3.63) is 23.5 Å². The number of unbranched alkanes of at least 4 members (excludes halogenated alkanes) is 2. The molecule has 140 valence electrons. The number of carbonyl (C=O) groups is 1. The van der Waals surface area contributed by atoms with Gasteiger partial charge in [-0.3, -0.25) is 9.79 Å². The number of carbonyl (C=O) groups excluding carboxylic acids is 1. The predicted octanol–water partition coefficient (Wildman–Crippen LogP) is 2.54. The van der Waals surface area contributed by atoms with Gasteiger partial charge in [-0.25, -0.2) is 15.0 Å². The van der Waals surface area contributed by atoms with Gasteiger partial charge in [-0.2, -0.15) is 0 Å². The van der Waals surface area contributed by atoms with Crippen molar-refractivity contribution in [3.8, 4) is 11.4 Å².